The van der Waals surface area contributed by atoms with Gasteiger partial charge in [-0.05, 0) is 59.7 Å². The molecule has 1 N–H and O–H groups in total. The van der Waals surface area contributed by atoms with Crippen molar-refractivity contribution in [3.63, 3.8) is 0 Å². The zero-order valence-electron chi connectivity index (χ0n) is 14.2. The summed E-state index contributed by atoms with van der Waals surface area (Å²) in [5, 5.41) is 16.1. The van der Waals surface area contributed by atoms with Crippen molar-refractivity contribution in [2.24, 2.45) is 0 Å². The fourth-order valence-corrected chi connectivity index (χ4v) is 4.21. The largest absolute Gasteiger partial charge is 0.324 e. The van der Waals surface area contributed by atoms with E-state index in [1.165, 1.54) is 11.8 Å². The van der Waals surface area contributed by atoms with Gasteiger partial charge in [0.2, 0.25) is 11.1 Å². The first-order valence-electron chi connectivity index (χ1n) is 8.42. The van der Waals surface area contributed by atoms with Crippen molar-refractivity contribution in [2.45, 2.75) is 33.8 Å². The quantitative estimate of drug-likeness (QED) is 0.569. The molecule has 1 heterocycles. The van der Waals surface area contributed by atoms with E-state index in [4.69, 9.17) is 11.6 Å². The number of halogens is 1. The molecule has 0 spiro atoms. The highest BCUT2D eigenvalue weighted by atomic mass is 35.5. The van der Waals surface area contributed by atoms with Crippen molar-refractivity contribution in [2.75, 3.05) is 11.1 Å². The number of carbonyl (C=O) groups is 1. The van der Waals surface area contributed by atoms with Crippen LogP contribution in [0.15, 0.2) is 63.5 Å². The summed E-state index contributed by atoms with van der Waals surface area (Å²) in [5.41, 5.74) is 0.782. The molecule has 0 aliphatic heterocycles. The summed E-state index contributed by atoms with van der Waals surface area (Å²) in [6, 6.07) is 15.7. The van der Waals surface area contributed by atoms with Crippen LogP contribution in [-0.2, 0) is 4.79 Å². The highest BCUT2D eigenvalue weighted by Crippen LogP contribution is 2.36. The number of rotatable bonds is 7. The van der Waals surface area contributed by atoms with Crippen LogP contribution >= 0.6 is 35.1 Å². The Hall–Kier alpha value is -2.03. The summed E-state index contributed by atoms with van der Waals surface area (Å²) >= 11 is 8.87. The van der Waals surface area contributed by atoms with Crippen LogP contribution < -0.4 is 5.32 Å². The van der Waals surface area contributed by atoms with E-state index in [-0.39, 0.29) is 11.7 Å². The lowest BCUT2D eigenvalue weighted by atomic mass is 10.3. The van der Waals surface area contributed by atoms with Crippen LogP contribution in [-0.4, -0.2) is 31.9 Å². The highest BCUT2D eigenvalue weighted by Gasteiger charge is 2.28. The summed E-state index contributed by atoms with van der Waals surface area (Å²) in [4.78, 5) is 14.4. The van der Waals surface area contributed by atoms with Gasteiger partial charge in [-0.1, -0.05) is 47.3 Å². The minimum atomic E-state index is -0.0884. The molecule has 0 bridgehead atoms. The van der Waals surface area contributed by atoms with Crippen molar-refractivity contribution in [1.29, 1.82) is 0 Å². The number of nitrogens with zero attached hydrogens (tertiary/aromatic N) is 4. The highest BCUT2D eigenvalue weighted by molar-refractivity contribution is 8.00. The predicted molar refractivity (Wildman–Crippen MR) is 107 cm³/mol. The first-order valence-corrected chi connectivity index (χ1v) is 10.6. The van der Waals surface area contributed by atoms with Gasteiger partial charge in [0.25, 0.3) is 0 Å². The maximum Gasteiger partial charge on any atom is 0.234 e. The van der Waals surface area contributed by atoms with Gasteiger partial charge >= 0.3 is 0 Å². The molecule has 1 aliphatic rings. The van der Waals surface area contributed by atoms with Gasteiger partial charge in [-0.15, -0.1) is 5.10 Å². The Morgan fingerprint density at radius 1 is 1.19 bits per heavy atom. The Morgan fingerprint density at radius 2 is 1.96 bits per heavy atom. The van der Waals surface area contributed by atoms with E-state index >= 15 is 0 Å². The van der Waals surface area contributed by atoms with Gasteiger partial charge in [-0.3, -0.25) is 4.79 Å². The van der Waals surface area contributed by atoms with Gasteiger partial charge in [0.1, 0.15) is 0 Å². The third-order valence-corrected chi connectivity index (χ3v) is 6.16. The lowest BCUT2D eigenvalue weighted by Gasteiger charge is -2.10. The van der Waals surface area contributed by atoms with Crippen LogP contribution in [0, 0.1) is 0 Å². The SMILES string of the molecule is O=C(CSc1nnnn1C1CC1)Nc1ccccc1Sc1ccc(Cl)cc1. The van der Waals surface area contributed by atoms with Crippen molar-refractivity contribution in [3.8, 4) is 0 Å². The van der Waals surface area contributed by atoms with Crippen LogP contribution in [0.5, 0.6) is 0 Å². The number of carbonyl (C=O) groups excluding carboxylic acids is 1. The number of anilines is 1. The van der Waals surface area contributed by atoms with Gasteiger partial charge in [0.05, 0.1) is 17.5 Å². The number of aromatic nitrogens is 4. The van der Waals surface area contributed by atoms with Gasteiger partial charge in [0.15, 0.2) is 0 Å². The predicted octanol–water partition coefficient (Wildman–Crippen LogP) is 4.54. The molecule has 0 radical (unpaired) electrons. The lowest BCUT2D eigenvalue weighted by molar-refractivity contribution is -0.113. The number of para-hydroxylation sites is 1. The summed E-state index contributed by atoms with van der Waals surface area (Å²) in [7, 11) is 0. The average molecular weight is 418 g/mol. The Labute approximate surface area is 170 Å². The fraction of sp³-hybridized carbons (Fsp3) is 0.222. The second-order valence-electron chi connectivity index (χ2n) is 6.03. The van der Waals surface area contributed by atoms with Gasteiger partial charge in [0, 0.05) is 14.8 Å². The standard InChI is InChI=1S/C18H16ClN5OS2/c19-12-5-9-14(10-6-12)27-16-4-2-1-3-15(16)20-17(25)11-26-18-21-22-23-24(18)13-7-8-13/h1-6,9-10,13H,7-8,11H2,(H,20,25). The molecule has 9 heteroatoms. The summed E-state index contributed by atoms with van der Waals surface area (Å²) in [5.74, 6) is 0.169. The molecule has 1 fully saturated rings. The average Bonchev–Trinajstić information content (AvgIpc) is 3.41. The molecular formula is C18H16ClN5OS2. The second-order valence-corrected chi connectivity index (χ2v) is 8.52. The first kappa shape index (κ1) is 18.3. The number of amides is 1. The molecule has 0 atom stereocenters. The molecule has 1 aliphatic carbocycles. The Bertz CT molecular complexity index is 943. The maximum atomic E-state index is 12.4. The van der Waals surface area contributed by atoms with Gasteiger partial charge in [-0.25, -0.2) is 4.68 Å². The number of benzene rings is 2. The van der Waals surface area contributed by atoms with E-state index in [2.05, 4.69) is 20.8 Å². The van der Waals surface area contributed by atoms with Crippen molar-refractivity contribution >= 4 is 46.7 Å². The Morgan fingerprint density at radius 3 is 2.74 bits per heavy atom. The van der Waals surface area contributed by atoms with E-state index in [0.29, 0.717) is 16.2 Å². The minimum absolute atomic E-state index is 0.0884. The molecule has 6 nitrogen and oxygen atoms in total. The molecule has 27 heavy (non-hydrogen) atoms. The van der Waals surface area contributed by atoms with Crippen LogP contribution in [0.25, 0.3) is 0 Å². The van der Waals surface area contributed by atoms with Crippen LogP contribution in [0.4, 0.5) is 5.69 Å². The molecule has 138 valence electrons. The third kappa shape index (κ3) is 4.82. The molecule has 1 amide bonds. The Kier molecular flexibility index (Phi) is 5.66. The number of thioether (sulfide) groups is 1. The summed E-state index contributed by atoms with van der Waals surface area (Å²) in [6.45, 7) is 0. The fourth-order valence-electron chi connectivity index (χ4n) is 2.43. The number of tetrazole rings is 1. The number of hydrogen-bond donors (Lipinski definition) is 1. The molecule has 1 saturated carbocycles. The van der Waals surface area contributed by atoms with Crippen LogP contribution in [0.3, 0.4) is 0 Å². The topological polar surface area (TPSA) is 72.7 Å². The van der Waals surface area contributed by atoms with Gasteiger partial charge < -0.3 is 5.32 Å². The molecule has 3 aromatic rings. The van der Waals surface area contributed by atoms with E-state index in [1.54, 1.807) is 11.8 Å². The van der Waals surface area contributed by atoms with Crippen LogP contribution in [0.1, 0.15) is 18.9 Å². The zero-order chi connectivity index (χ0) is 18.6. The zero-order valence-corrected chi connectivity index (χ0v) is 16.6. The normalized spacial score (nSPS) is 13.5. The molecule has 0 saturated heterocycles. The lowest BCUT2D eigenvalue weighted by Crippen LogP contribution is -2.15. The molecular weight excluding hydrogens is 402 g/mol. The minimum Gasteiger partial charge on any atom is -0.324 e. The van der Waals surface area contributed by atoms with E-state index in [1.807, 2.05) is 53.2 Å². The van der Waals surface area contributed by atoms with Crippen molar-refractivity contribution < 1.29 is 4.79 Å². The molecule has 2 aromatic carbocycles. The monoisotopic (exact) mass is 417 g/mol. The van der Waals surface area contributed by atoms with Crippen molar-refractivity contribution in [1.82, 2.24) is 20.2 Å². The number of nitrogens with one attached hydrogen (secondary N) is 1. The molecule has 4 rings (SSSR count). The number of hydrogen-bond acceptors (Lipinski definition) is 6. The second kappa shape index (κ2) is 8.33. The van der Waals surface area contributed by atoms with E-state index in [9.17, 15) is 4.79 Å². The summed E-state index contributed by atoms with van der Waals surface area (Å²) in [6.07, 6.45) is 2.19. The Balaban J connectivity index is 1.39. The third-order valence-electron chi connectivity index (χ3n) is 3.89. The van der Waals surface area contributed by atoms with Gasteiger partial charge in [-0.2, -0.15) is 0 Å². The summed E-state index contributed by atoms with van der Waals surface area (Å²) < 4.78 is 1.81. The smallest absolute Gasteiger partial charge is 0.234 e. The van der Waals surface area contributed by atoms with Crippen LogP contribution in [0.2, 0.25) is 5.02 Å². The molecule has 1 aromatic heterocycles. The first-order chi connectivity index (χ1) is 13.2. The molecule has 0 unspecified atom stereocenters. The maximum absolute atomic E-state index is 12.4. The van der Waals surface area contributed by atoms with E-state index in [0.717, 1.165) is 28.3 Å². The van der Waals surface area contributed by atoms with E-state index < -0.39 is 0 Å². The van der Waals surface area contributed by atoms with Crippen molar-refractivity contribution in [3.05, 3.63) is 53.6 Å².